The van der Waals surface area contributed by atoms with E-state index in [2.05, 4.69) is 49.4 Å². The zero-order valence-electron chi connectivity index (χ0n) is 14.1. The van der Waals surface area contributed by atoms with E-state index in [-0.39, 0.29) is 0 Å². The third kappa shape index (κ3) is 3.45. The van der Waals surface area contributed by atoms with Crippen LogP contribution in [0, 0.1) is 0 Å². The van der Waals surface area contributed by atoms with Crippen LogP contribution >= 0.6 is 0 Å². The van der Waals surface area contributed by atoms with Crippen LogP contribution in [0.1, 0.15) is 32.1 Å². The van der Waals surface area contributed by atoms with Gasteiger partial charge in [0.1, 0.15) is 5.82 Å². The summed E-state index contributed by atoms with van der Waals surface area (Å²) in [5.41, 5.74) is 2.34. The summed E-state index contributed by atoms with van der Waals surface area (Å²) in [4.78, 5) is 13.9. The van der Waals surface area contributed by atoms with E-state index >= 15 is 0 Å². The average molecular weight is 323 g/mol. The van der Waals surface area contributed by atoms with Crippen molar-refractivity contribution in [2.24, 2.45) is 0 Å². The molecule has 0 radical (unpaired) electrons. The largest absolute Gasteiger partial charge is 0.372 e. The van der Waals surface area contributed by atoms with E-state index < -0.39 is 0 Å². The summed E-state index contributed by atoms with van der Waals surface area (Å²) in [7, 11) is 0. The van der Waals surface area contributed by atoms with Crippen molar-refractivity contribution in [3.8, 4) is 0 Å². The number of benzene rings is 1. The lowest BCUT2D eigenvalue weighted by Crippen LogP contribution is -2.30. The average Bonchev–Trinajstić information content (AvgIpc) is 3.18. The molecule has 3 heterocycles. The van der Waals surface area contributed by atoms with E-state index in [9.17, 15) is 0 Å². The molecule has 2 fully saturated rings. The number of hydrogen-bond donors (Lipinski definition) is 1. The van der Waals surface area contributed by atoms with Crippen molar-refractivity contribution in [2.75, 3.05) is 41.3 Å². The van der Waals surface area contributed by atoms with Gasteiger partial charge in [0, 0.05) is 43.8 Å². The summed E-state index contributed by atoms with van der Waals surface area (Å²) in [6, 6.07) is 10.6. The first-order valence-electron chi connectivity index (χ1n) is 9.08. The van der Waals surface area contributed by atoms with Gasteiger partial charge in [-0.3, -0.25) is 0 Å². The fourth-order valence-electron chi connectivity index (χ4n) is 3.57. The summed E-state index contributed by atoms with van der Waals surface area (Å²) in [6.07, 6.45) is 8.29. The van der Waals surface area contributed by atoms with E-state index in [1.165, 1.54) is 50.9 Å². The molecule has 2 saturated heterocycles. The lowest BCUT2D eigenvalue weighted by atomic mass is 10.1. The second-order valence-electron chi connectivity index (χ2n) is 6.65. The van der Waals surface area contributed by atoms with Gasteiger partial charge >= 0.3 is 0 Å². The standard InChI is InChI=1S/C19H25N5/c1-2-14-24(15-3-1)18-10-11-20-19(22-18)21-16-6-8-17(9-7-16)23-12-4-5-13-23/h6-11H,1-5,12-15H2,(H,20,21,22). The lowest BCUT2D eigenvalue weighted by molar-refractivity contribution is 0.573. The normalized spacial score (nSPS) is 18.0. The van der Waals surface area contributed by atoms with Crippen LogP contribution in [0.25, 0.3) is 0 Å². The summed E-state index contributed by atoms with van der Waals surface area (Å²) in [5.74, 6) is 1.70. The quantitative estimate of drug-likeness (QED) is 0.927. The van der Waals surface area contributed by atoms with Crippen LogP contribution in [-0.4, -0.2) is 36.1 Å². The van der Waals surface area contributed by atoms with Crippen molar-refractivity contribution in [3.63, 3.8) is 0 Å². The van der Waals surface area contributed by atoms with Crippen LogP contribution in [-0.2, 0) is 0 Å². The van der Waals surface area contributed by atoms with E-state index in [0.29, 0.717) is 5.95 Å². The number of piperidine rings is 1. The highest BCUT2D eigenvalue weighted by Gasteiger charge is 2.14. The van der Waals surface area contributed by atoms with E-state index in [1.54, 1.807) is 0 Å². The second kappa shape index (κ2) is 7.07. The molecule has 2 aromatic rings. The van der Waals surface area contributed by atoms with Gasteiger partial charge < -0.3 is 15.1 Å². The molecule has 2 aliphatic heterocycles. The van der Waals surface area contributed by atoms with Crippen molar-refractivity contribution in [2.45, 2.75) is 32.1 Å². The van der Waals surface area contributed by atoms with Crippen LogP contribution in [0.4, 0.5) is 23.1 Å². The van der Waals surface area contributed by atoms with Gasteiger partial charge in [0.15, 0.2) is 0 Å². The molecule has 126 valence electrons. The van der Waals surface area contributed by atoms with Gasteiger partial charge in [0.05, 0.1) is 0 Å². The molecule has 2 aliphatic rings. The molecule has 0 spiro atoms. The number of anilines is 4. The monoisotopic (exact) mass is 323 g/mol. The van der Waals surface area contributed by atoms with Crippen LogP contribution in [0.15, 0.2) is 36.5 Å². The Morgan fingerprint density at radius 3 is 2.17 bits per heavy atom. The van der Waals surface area contributed by atoms with E-state index in [1.807, 2.05) is 12.3 Å². The molecule has 0 amide bonds. The predicted octanol–water partition coefficient (Wildman–Crippen LogP) is 3.81. The Morgan fingerprint density at radius 1 is 0.750 bits per heavy atom. The van der Waals surface area contributed by atoms with Gasteiger partial charge in [-0.1, -0.05) is 0 Å². The number of hydrogen-bond acceptors (Lipinski definition) is 5. The van der Waals surface area contributed by atoms with Crippen molar-refractivity contribution in [1.29, 1.82) is 0 Å². The van der Waals surface area contributed by atoms with Crippen LogP contribution in [0.5, 0.6) is 0 Å². The highest BCUT2D eigenvalue weighted by molar-refractivity contribution is 5.60. The van der Waals surface area contributed by atoms with Gasteiger partial charge in [-0.25, -0.2) is 4.98 Å². The van der Waals surface area contributed by atoms with Crippen molar-refractivity contribution in [1.82, 2.24) is 9.97 Å². The topological polar surface area (TPSA) is 44.3 Å². The summed E-state index contributed by atoms with van der Waals surface area (Å²) < 4.78 is 0. The van der Waals surface area contributed by atoms with Crippen LogP contribution in [0.2, 0.25) is 0 Å². The predicted molar refractivity (Wildman–Crippen MR) is 99.3 cm³/mol. The first-order valence-corrected chi connectivity index (χ1v) is 9.08. The SMILES string of the molecule is c1cc(N2CCCCC2)nc(Nc2ccc(N3CCCC3)cc2)n1. The molecule has 24 heavy (non-hydrogen) atoms. The molecule has 0 aliphatic carbocycles. The molecular weight excluding hydrogens is 298 g/mol. The van der Waals surface area contributed by atoms with E-state index in [0.717, 1.165) is 24.6 Å². The molecule has 0 bridgehead atoms. The van der Waals surface area contributed by atoms with Gasteiger partial charge in [-0.2, -0.15) is 4.98 Å². The number of rotatable bonds is 4. The summed E-state index contributed by atoms with van der Waals surface area (Å²) in [5, 5.41) is 3.33. The first-order chi connectivity index (χ1) is 11.9. The van der Waals surface area contributed by atoms with Gasteiger partial charge in [0.25, 0.3) is 0 Å². The summed E-state index contributed by atoms with van der Waals surface area (Å²) >= 11 is 0. The Bertz CT molecular complexity index is 658. The molecule has 1 N–H and O–H groups in total. The molecular formula is C19H25N5. The fourth-order valence-corrected chi connectivity index (χ4v) is 3.57. The minimum atomic E-state index is 0.673. The molecule has 1 aromatic carbocycles. The number of nitrogens with zero attached hydrogens (tertiary/aromatic N) is 4. The second-order valence-corrected chi connectivity index (χ2v) is 6.65. The molecule has 0 saturated carbocycles. The first kappa shape index (κ1) is 15.2. The fraction of sp³-hybridized carbons (Fsp3) is 0.474. The molecule has 1 aromatic heterocycles. The Morgan fingerprint density at radius 2 is 1.42 bits per heavy atom. The van der Waals surface area contributed by atoms with Gasteiger partial charge in [0.2, 0.25) is 5.95 Å². The lowest BCUT2D eigenvalue weighted by Gasteiger charge is -2.27. The Balaban J connectivity index is 1.44. The summed E-state index contributed by atoms with van der Waals surface area (Å²) in [6.45, 7) is 4.55. The third-order valence-corrected chi connectivity index (χ3v) is 4.92. The van der Waals surface area contributed by atoms with Crippen molar-refractivity contribution < 1.29 is 0 Å². The Kier molecular flexibility index (Phi) is 4.49. The number of aromatic nitrogens is 2. The Labute approximate surface area is 143 Å². The molecule has 0 unspecified atom stereocenters. The maximum absolute atomic E-state index is 4.68. The van der Waals surface area contributed by atoms with E-state index in [4.69, 9.17) is 0 Å². The maximum atomic E-state index is 4.68. The van der Waals surface area contributed by atoms with Crippen molar-refractivity contribution in [3.05, 3.63) is 36.5 Å². The van der Waals surface area contributed by atoms with Crippen LogP contribution in [0.3, 0.4) is 0 Å². The van der Waals surface area contributed by atoms with Crippen LogP contribution < -0.4 is 15.1 Å². The highest BCUT2D eigenvalue weighted by atomic mass is 15.2. The van der Waals surface area contributed by atoms with Gasteiger partial charge in [-0.15, -0.1) is 0 Å². The minimum Gasteiger partial charge on any atom is -0.372 e. The molecule has 0 atom stereocenters. The molecule has 4 rings (SSSR count). The van der Waals surface area contributed by atoms with Crippen molar-refractivity contribution >= 4 is 23.1 Å². The smallest absolute Gasteiger partial charge is 0.229 e. The van der Waals surface area contributed by atoms with Gasteiger partial charge in [-0.05, 0) is 62.4 Å². The highest BCUT2D eigenvalue weighted by Crippen LogP contribution is 2.24. The Hall–Kier alpha value is -2.30. The molecule has 5 nitrogen and oxygen atoms in total. The molecule has 5 heteroatoms. The maximum Gasteiger partial charge on any atom is 0.229 e. The zero-order valence-corrected chi connectivity index (χ0v) is 14.1. The third-order valence-electron chi connectivity index (χ3n) is 4.92. The zero-order chi connectivity index (χ0) is 16.2. The minimum absolute atomic E-state index is 0.673. The number of nitrogens with one attached hydrogen (secondary N) is 1.